The van der Waals surface area contributed by atoms with Gasteiger partial charge in [0.1, 0.15) is 0 Å². The monoisotopic (exact) mass is 321 g/mol. The summed E-state index contributed by atoms with van der Waals surface area (Å²) in [6.45, 7) is 1.90. The molecule has 0 fully saturated rings. The highest BCUT2D eigenvalue weighted by Gasteiger charge is 2.11. The van der Waals surface area contributed by atoms with Gasteiger partial charge in [-0.1, -0.05) is 13.0 Å². The number of carbonyl (C=O) groups is 1. The Hall–Kier alpha value is -2.77. The molecule has 0 spiro atoms. The van der Waals surface area contributed by atoms with Gasteiger partial charge in [0.2, 0.25) is 5.95 Å². The first-order valence-electron chi connectivity index (χ1n) is 7.07. The van der Waals surface area contributed by atoms with Crippen LogP contribution >= 0.6 is 0 Å². The lowest BCUT2D eigenvalue weighted by atomic mass is 10.0. The van der Waals surface area contributed by atoms with Gasteiger partial charge in [-0.05, 0) is 24.8 Å². The number of rotatable bonds is 6. The second-order valence-corrected chi connectivity index (χ2v) is 5.40. The van der Waals surface area contributed by atoms with Crippen molar-refractivity contribution in [1.82, 2.24) is 14.5 Å². The van der Waals surface area contributed by atoms with Crippen LogP contribution in [0.2, 0.25) is 0 Å². The van der Waals surface area contributed by atoms with Crippen LogP contribution in [0.15, 0.2) is 32.6 Å². The van der Waals surface area contributed by atoms with Gasteiger partial charge in [0.15, 0.2) is 6.29 Å². The minimum Gasteiger partial charge on any atom is -0.319 e. The maximum Gasteiger partial charge on any atom is 0.330 e. The Labute approximate surface area is 129 Å². The van der Waals surface area contributed by atoms with Crippen molar-refractivity contribution < 1.29 is 9.18 Å². The molecule has 2 rings (SSSR count). The summed E-state index contributed by atoms with van der Waals surface area (Å²) in [6.07, 6.45) is 1.52. The third-order valence-electron chi connectivity index (χ3n) is 3.52. The zero-order valence-corrected chi connectivity index (χ0v) is 12.5. The van der Waals surface area contributed by atoms with Crippen LogP contribution < -0.4 is 16.8 Å². The molecule has 2 N–H and O–H groups in total. The van der Waals surface area contributed by atoms with Gasteiger partial charge in [-0.3, -0.25) is 23.9 Å². The van der Waals surface area contributed by atoms with Crippen LogP contribution in [0.3, 0.4) is 0 Å². The fourth-order valence-electron chi connectivity index (χ4n) is 2.25. The van der Waals surface area contributed by atoms with E-state index in [4.69, 9.17) is 0 Å². The van der Waals surface area contributed by atoms with Gasteiger partial charge in [0.05, 0.1) is 11.8 Å². The summed E-state index contributed by atoms with van der Waals surface area (Å²) in [7, 11) is 0. The van der Waals surface area contributed by atoms with Gasteiger partial charge >= 0.3 is 5.69 Å². The number of nitrogens with zero attached hydrogens (tertiary/aromatic N) is 1. The molecule has 0 aromatic carbocycles. The minimum atomic E-state index is -0.890. The Kier molecular flexibility index (Phi) is 5.05. The van der Waals surface area contributed by atoms with Crippen LogP contribution in [0.1, 0.15) is 29.4 Å². The van der Waals surface area contributed by atoms with E-state index in [0.717, 1.165) is 10.6 Å². The number of hydrogen-bond donors (Lipinski definition) is 2. The molecule has 1 unspecified atom stereocenters. The average Bonchev–Trinajstić information content (AvgIpc) is 2.49. The summed E-state index contributed by atoms with van der Waals surface area (Å²) >= 11 is 0. The largest absolute Gasteiger partial charge is 0.330 e. The van der Waals surface area contributed by atoms with Crippen molar-refractivity contribution in [3.05, 3.63) is 66.6 Å². The van der Waals surface area contributed by atoms with Gasteiger partial charge < -0.3 is 4.98 Å². The third-order valence-corrected chi connectivity index (χ3v) is 3.52. The smallest absolute Gasteiger partial charge is 0.319 e. The van der Waals surface area contributed by atoms with Crippen LogP contribution in [0.25, 0.3) is 0 Å². The SMILES string of the molecule is CC(CCc1ccc(C=O)[nH]c1=O)Cn1c(F)cc(=O)[nH]c1=O. The quantitative estimate of drug-likeness (QED) is 0.595. The Balaban J connectivity index is 2.05. The maximum absolute atomic E-state index is 13.6. The molecular weight excluding hydrogens is 305 g/mol. The van der Waals surface area contributed by atoms with Gasteiger partial charge in [-0.15, -0.1) is 0 Å². The summed E-state index contributed by atoms with van der Waals surface area (Å²) in [5.41, 5.74) is -1.20. The molecule has 0 aliphatic carbocycles. The van der Waals surface area contributed by atoms with E-state index in [1.165, 1.54) is 6.07 Å². The second kappa shape index (κ2) is 6.99. The van der Waals surface area contributed by atoms with Crippen LogP contribution in [-0.2, 0) is 13.0 Å². The molecule has 0 aliphatic rings. The van der Waals surface area contributed by atoms with Crippen molar-refractivity contribution in [1.29, 1.82) is 0 Å². The van der Waals surface area contributed by atoms with E-state index in [-0.39, 0.29) is 23.7 Å². The van der Waals surface area contributed by atoms with Crippen LogP contribution in [-0.4, -0.2) is 20.8 Å². The molecule has 8 heteroatoms. The third kappa shape index (κ3) is 4.12. The minimum absolute atomic E-state index is 0.0891. The summed E-state index contributed by atoms with van der Waals surface area (Å²) in [5, 5.41) is 0. The van der Waals surface area contributed by atoms with E-state index in [2.05, 4.69) is 4.98 Å². The first kappa shape index (κ1) is 16.6. The Bertz CT molecular complexity index is 881. The molecule has 0 saturated heterocycles. The van der Waals surface area contributed by atoms with Gasteiger partial charge in [-0.2, -0.15) is 4.39 Å². The number of nitrogens with one attached hydrogen (secondary N) is 2. The number of halogens is 1. The lowest BCUT2D eigenvalue weighted by Crippen LogP contribution is -2.33. The maximum atomic E-state index is 13.6. The van der Waals surface area contributed by atoms with Crippen LogP contribution in [0.4, 0.5) is 4.39 Å². The molecule has 0 bridgehead atoms. The van der Waals surface area contributed by atoms with E-state index in [1.807, 2.05) is 11.9 Å². The van der Waals surface area contributed by atoms with Crippen LogP contribution in [0.5, 0.6) is 0 Å². The zero-order valence-electron chi connectivity index (χ0n) is 12.5. The summed E-state index contributed by atoms with van der Waals surface area (Å²) in [5.74, 6) is -0.989. The van der Waals surface area contributed by atoms with Crippen molar-refractivity contribution in [2.45, 2.75) is 26.3 Å². The Morgan fingerprint density at radius 3 is 2.61 bits per heavy atom. The number of H-pyrrole nitrogens is 2. The molecule has 1 atom stereocenters. The standard InChI is InChI=1S/C15H16FN3O4/c1-9(7-19-12(16)6-13(21)18-15(19)23)2-3-10-4-5-11(8-20)17-14(10)22/h4-6,8-9H,2-3,7H2,1H3,(H,17,22)(H,18,21,23). The van der Waals surface area contributed by atoms with E-state index in [1.54, 1.807) is 6.07 Å². The first-order chi connectivity index (χ1) is 10.9. The molecule has 122 valence electrons. The predicted octanol–water partition coefficient (Wildman–Crippen LogP) is 0.445. The lowest BCUT2D eigenvalue weighted by molar-refractivity contribution is 0.111. The predicted molar refractivity (Wildman–Crippen MR) is 81.2 cm³/mol. The van der Waals surface area contributed by atoms with Crippen molar-refractivity contribution in [2.75, 3.05) is 0 Å². The van der Waals surface area contributed by atoms with Gasteiger partial charge in [0, 0.05) is 12.1 Å². The van der Waals surface area contributed by atoms with Crippen molar-refractivity contribution in [3.63, 3.8) is 0 Å². The molecule has 0 aliphatic heterocycles. The summed E-state index contributed by atoms with van der Waals surface area (Å²) in [4.78, 5) is 49.3. The molecule has 7 nitrogen and oxygen atoms in total. The first-order valence-corrected chi connectivity index (χ1v) is 7.07. The van der Waals surface area contributed by atoms with Gasteiger partial charge in [0.25, 0.3) is 11.1 Å². The molecular formula is C15H16FN3O4. The molecule has 2 aromatic rings. The van der Waals surface area contributed by atoms with Gasteiger partial charge in [-0.25, -0.2) is 4.79 Å². The molecule has 2 aromatic heterocycles. The highest BCUT2D eigenvalue weighted by molar-refractivity contribution is 5.71. The molecule has 0 saturated carbocycles. The second-order valence-electron chi connectivity index (χ2n) is 5.40. The summed E-state index contributed by atoms with van der Waals surface area (Å²) in [6, 6.07) is 3.81. The zero-order chi connectivity index (χ0) is 17.0. The number of carbonyl (C=O) groups excluding carboxylic acids is 1. The molecule has 0 amide bonds. The van der Waals surface area contributed by atoms with E-state index >= 15 is 0 Å². The number of aryl methyl sites for hydroxylation is 1. The normalized spacial score (nSPS) is 12.1. The number of aromatic amines is 2. The topological polar surface area (TPSA) is 105 Å². The Morgan fingerprint density at radius 2 is 2.00 bits per heavy atom. The Morgan fingerprint density at radius 1 is 1.26 bits per heavy atom. The van der Waals surface area contributed by atoms with E-state index in [9.17, 15) is 23.6 Å². The summed E-state index contributed by atoms with van der Waals surface area (Å²) < 4.78 is 14.5. The average molecular weight is 321 g/mol. The van der Waals surface area contributed by atoms with Crippen molar-refractivity contribution >= 4 is 6.29 Å². The van der Waals surface area contributed by atoms with E-state index in [0.29, 0.717) is 24.7 Å². The fourth-order valence-corrected chi connectivity index (χ4v) is 2.25. The number of pyridine rings is 1. The molecule has 23 heavy (non-hydrogen) atoms. The highest BCUT2D eigenvalue weighted by Crippen LogP contribution is 2.09. The highest BCUT2D eigenvalue weighted by atomic mass is 19.1. The number of hydrogen-bond acceptors (Lipinski definition) is 4. The van der Waals surface area contributed by atoms with Crippen molar-refractivity contribution in [3.8, 4) is 0 Å². The van der Waals surface area contributed by atoms with Crippen LogP contribution in [0, 0.1) is 11.9 Å². The fraction of sp³-hybridized carbons (Fsp3) is 0.333. The lowest BCUT2D eigenvalue weighted by Gasteiger charge is -2.13. The molecule has 2 heterocycles. The number of aromatic nitrogens is 3. The van der Waals surface area contributed by atoms with Crippen molar-refractivity contribution in [2.24, 2.45) is 5.92 Å². The van der Waals surface area contributed by atoms with E-state index < -0.39 is 17.2 Å². The molecule has 0 radical (unpaired) electrons. The number of aldehydes is 1.